The van der Waals surface area contributed by atoms with Gasteiger partial charge in [-0.2, -0.15) is 5.10 Å². The Morgan fingerprint density at radius 3 is 2.47 bits per heavy atom. The average molecular weight is 404 g/mol. The van der Waals surface area contributed by atoms with Crippen molar-refractivity contribution in [2.24, 2.45) is 5.92 Å². The molecule has 0 saturated carbocycles. The van der Waals surface area contributed by atoms with Crippen molar-refractivity contribution in [2.45, 2.75) is 39.3 Å². The summed E-state index contributed by atoms with van der Waals surface area (Å²) < 4.78 is 1.97. The van der Waals surface area contributed by atoms with E-state index in [0.717, 1.165) is 40.9 Å². The second kappa shape index (κ2) is 8.84. The number of hydrogen-bond acceptors (Lipinski definition) is 3. The van der Waals surface area contributed by atoms with E-state index in [1.807, 2.05) is 78.0 Å². The molecule has 5 heteroatoms. The number of carbonyl (C=O) groups is 1. The second-order valence-electron chi connectivity index (χ2n) is 8.27. The normalized spacial score (nSPS) is 15.9. The van der Waals surface area contributed by atoms with Crippen LogP contribution in [-0.2, 0) is 6.54 Å². The van der Waals surface area contributed by atoms with Crippen LogP contribution in [-0.4, -0.2) is 38.8 Å². The van der Waals surface area contributed by atoms with Gasteiger partial charge in [-0.05, 0) is 61.9 Å². The first-order chi connectivity index (χ1) is 14.5. The molecule has 2 aromatic carbocycles. The monoisotopic (exact) mass is 403 g/mol. The highest BCUT2D eigenvalue weighted by atomic mass is 16.3. The number of carbonyl (C=O) groups excluding carboxylic acids is 1. The van der Waals surface area contributed by atoms with Crippen LogP contribution in [0.2, 0.25) is 0 Å². The lowest BCUT2D eigenvalue weighted by Gasteiger charge is -2.34. The fourth-order valence-electron chi connectivity index (χ4n) is 4.33. The molecular formula is C25H29N3O2. The number of benzene rings is 2. The molecule has 4 rings (SSSR count). The Labute approximate surface area is 178 Å². The van der Waals surface area contributed by atoms with Crippen molar-refractivity contribution in [3.05, 3.63) is 88.7 Å². The summed E-state index contributed by atoms with van der Waals surface area (Å²) in [5.74, 6) is 0.256. The van der Waals surface area contributed by atoms with E-state index >= 15 is 0 Å². The van der Waals surface area contributed by atoms with E-state index in [1.165, 1.54) is 0 Å². The van der Waals surface area contributed by atoms with Crippen LogP contribution in [0.25, 0.3) is 0 Å². The topological polar surface area (TPSA) is 58.4 Å². The van der Waals surface area contributed by atoms with Gasteiger partial charge in [0.05, 0.1) is 18.3 Å². The van der Waals surface area contributed by atoms with Gasteiger partial charge < -0.3 is 10.0 Å². The summed E-state index contributed by atoms with van der Waals surface area (Å²) in [7, 11) is 0. The zero-order chi connectivity index (χ0) is 21.1. The lowest BCUT2D eigenvalue weighted by molar-refractivity contribution is 0.0462. The molecular weight excluding hydrogens is 374 g/mol. The fraction of sp³-hybridized carbons (Fsp3) is 0.360. The van der Waals surface area contributed by atoms with Gasteiger partial charge in [-0.25, -0.2) is 0 Å². The molecule has 2 heterocycles. The first-order valence-electron chi connectivity index (χ1n) is 10.6. The van der Waals surface area contributed by atoms with E-state index in [-0.39, 0.29) is 11.8 Å². The SMILES string of the molecule is Cc1cc(C)n(Cc2cccc(C(=O)N3CCC(C(O)c4ccccc4)CC3)c2)n1. The quantitative estimate of drug-likeness (QED) is 0.697. The van der Waals surface area contributed by atoms with Gasteiger partial charge in [0.2, 0.25) is 0 Å². The van der Waals surface area contributed by atoms with Crippen LogP contribution in [0, 0.1) is 19.8 Å². The van der Waals surface area contributed by atoms with E-state index in [0.29, 0.717) is 19.6 Å². The molecule has 1 amide bonds. The van der Waals surface area contributed by atoms with Crippen LogP contribution in [0.1, 0.15) is 51.8 Å². The largest absolute Gasteiger partial charge is 0.388 e. The molecule has 156 valence electrons. The third-order valence-electron chi connectivity index (χ3n) is 6.02. The molecule has 1 aliphatic heterocycles. The molecule has 1 N–H and O–H groups in total. The van der Waals surface area contributed by atoms with Crippen molar-refractivity contribution in [3.63, 3.8) is 0 Å². The Balaban J connectivity index is 1.39. The Morgan fingerprint density at radius 2 is 1.80 bits per heavy atom. The molecule has 0 aliphatic carbocycles. The summed E-state index contributed by atoms with van der Waals surface area (Å²) in [6.45, 7) is 6.04. The number of aryl methyl sites for hydroxylation is 2. The number of amides is 1. The summed E-state index contributed by atoms with van der Waals surface area (Å²) in [6.07, 6.45) is 1.16. The first kappa shape index (κ1) is 20.4. The summed E-state index contributed by atoms with van der Waals surface area (Å²) in [4.78, 5) is 15.0. The number of hydrogen-bond donors (Lipinski definition) is 1. The Morgan fingerprint density at radius 1 is 1.07 bits per heavy atom. The van der Waals surface area contributed by atoms with Gasteiger partial charge in [-0.15, -0.1) is 0 Å². The molecule has 0 radical (unpaired) electrons. The number of rotatable bonds is 5. The lowest BCUT2D eigenvalue weighted by atomic mass is 9.87. The predicted molar refractivity (Wildman–Crippen MR) is 117 cm³/mol. The lowest BCUT2D eigenvalue weighted by Crippen LogP contribution is -2.39. The molecule has 3 aromatic rings. The van der Waals surface area contributed by atoms with Gasteiger partial charge in [0.15, 0.2) is 0 Å². The minimum Gasteiger partial charge on any atom is -0.388 e. The van der Waals surface area contributed by atoms with Crippen molar-refractivity contribution in [3.8, 4) is 0 Å². The van der Waals surface area contributed by atoms with Gasteiger partial charge >= 0.3 is 0 Å². The number of aromatic nitrogens is 2. The zero-order valence-corrected chi connectivity index (χ0v) is 17.7. The number of aliphatic hydroxyl groups excluding tert-OH is 1. The van der Waals surface area contributed by atoms with E-state index in [1.54, 1.807) is 0 Å². The van der Waals surface area contributed by atoms with Crippen LogP contribution in [0.15, 0.2) is 60.7 Å². The molecule has 1 atom stereocenters. The van der Waals surface area contributed by atoms with Crippen molar-refractivity contribution in [2.75, 3.05) is 13.1 Å². The molecule has 0 spiro atoms. The second-order valence-corrected chi connectivity index (χ2v) is 8.27. The third-order valence-corrected chi connectivity index (χ3v) is 6.02. The third kappa shape index (κ3) is 4.46. The molecule has 1 unspecified atom stereocenters. The minimum atomic E-state index is -0.465. The average Bonchev–Trinajstić information content (AvgIpc) is 3.10. The Bertz CT molecular complexity index is 1000. The van der Waals surface area contributed by atoms with Gasteiger partial charge in [-0.1, -0.05) is 42.5 Å². The predicted octanol–water partition coefficient (Wildman–Crippen LogP) is 4.13. The van der Waals surface area contributed by atoms with Crippen LogP contribution in [0.5, 0.6) is 0 Å². The highest BCUT2D eigenvalue weighted by molar-refractivity contribution is 5.94. The van der Waals surface area contributed by atoms with Crippen molar-refractivity contribution < 1.29 is 9.90 Å². The standard InChI is InChI=1S/C25H29N3O2/c1-18-15-19(2)28(26-18)17-20-7-6-10-23(16-20)25(30)27-13-11-22(12-14-27)24(29)21-8-4-3-5-9-21/h3-10,15-16,22,24,29H,11-14,17H2,1-2H3. The molecule has 1 fully saturated rings. The first-order valence-corrected chi connectivity index (χ1v) is 10.6. The van der Waals surface area contributed by atoms with Crippen molar-refractivity contribution in [1.29, 1.82) is 0 Å². The maximum atomic E-state index is 13.1. The molecule has 5 nitrogen and oxygen atoms in total. The van der Waals surface area contributed by atoms with E-state index < -0.39 is 6.10 Å². The smallest absolute Gasteiger partial charge is 0.253 e. The summed E-state index contributed by atoms with van der Waals surface area (Å²) in [5, 5.41) is 15.2. The van der Waals surface area contributed by atoms with Crippen LogP contribution >= 0.6 is 0 Å². The molecule has 1 aliphatic rings. The van der Waals surface area contributed by atoms with Gasteiger partial charge in [0, 0.05) is 24.3 Å². The molecule has 30 heavy (non-hydrogen) atoms. The molecule has 1 aromatic heterocycles. The maximum Gasteiger partial charge on any atom is 0.253 e. The molecule has 1 saturated heterocycles. The van der Waals surface area contributed by atoms with Crippen molar-refractivity contribution >= 4 is 5.91 Å². The Kier molecular flexibility index (Phi) is 6.00. The van der Waals surface area contributed by atoms with Crippen LogP contribution < -0.4 is 0 Å². The number of nitrogens with zero attached hydrogens (tertiary/aromatic N) is 3. The number of piperidine rings is 1. The highest BCUT2D eigenvalue weighted by Gasteiger charge is 2.28. The minimum absolute atomic E-state index is 0.0675. The van der Waals surface area contributed by atoms with E-state index in [2.05, 4.69) is 11.2 Å². The number of aliphatic hydroxyl groups is 1. The summed E-state index contributed by atoms with van der Waals surface area (Å²) in [5.41, 5.74) is 4.86. The van der Waals surface area contributed by atoms with Crippen molar-refractivity contribution in [1.82, 2.24) is 14.7 Å². The summed E-state index contributed by atoms with van der Waals surface area (Å²) in [6, 6.07) is 19.7. The van der Waals surface area contributed by atoms with E-state index in [9.17, 15) is 9.90 Å². The van der Waals surface area contributed by atoms with Gasteiger partial charge in [-0.3, -0.25) is 9.48 Å². The maximum absolute atomic E-state index is 13.1. The van der Waals surface area contributed by atoms with Crippen LogP contribution in [0.3, 0.4) is 0 Å². The highest BCUT2D eigenvalue weighted by Crippen LogP contribution is 2.31. The summed E-state index contributed by atoms with van der Waals surface area (Å²) >= 11 is 0. The van der Waals surface area contributed by atoms with Gasteiger partial charge in [0.1, 0.15) is 0 Å². The molecule has 0 bridgehead atoms. The van der Waals surface area contributed by atoms with E-state index in [4.69, 9.17) is 0 Å². The van der Waals surface area contributed by atoms with Gasteiger partial charge in [0.25, 0.3) is 5.91 Å². The fourth-order valence-corrected chi connectivity index (χ4v) is 4.33. The zero-order valence-electron chi connectivity index (χ0n) is 17.7. The van der Waals surface area contributed by atoms with Crippen LogP contribution in [0.4, 0.5) is 0 Å². The Hall–Kier alpha value is -2.92. The number of likely N-dealkylation sites (tertiary alicyclic amines) is 1.